The molecule has 1 atom stereocenters. The highest BCUT2D eigenvalue weighted by atomic mass is 32.2. The molecule has 1 unspecified atom stereocenters. The van der Waals surface area contributed by atoms with Crippen LogP contribution >= 0.6 is 11.8 Å². The first kappa shape index (κ1) is 18.9. The van der Waals surface area contributed by atoms with Gasteiger partial charge in [-0.2, -0.15) is 24.9 Å². The van der Waals surface area contributed by atoms with Gasteiger partial charge in [0.15, 0.2) is 5.96 Å². The van der Waals surface area contributed by atoms with Crippen LogP contribution in [-0.2, 0) is 12.7 Å². The van der Waals surface area contributed by atoms with Gasteiger partial charge in [-0.05, 0) is 36.8 Å². The molecule has 1 aromatic carbocycles. The molecule has 1 heterocycles. The Kier molecular flexibility index (Phi) is 6.40. The first-order valence-corrected chi connectivity index (χ1v) is 8.96. The molecule has 4 nitrogen and oxygen atoms in total. The quantitative estimate of drug-likeness (QED) is 0.557. The second-order valence-corrected chi connectivity index (χ2v) is 6.88. The van der Waals surface area contributed by atoms with Gasteiger partial charge < -0.3 is 15.7 Å². The molecule has 3 N–H and O–H groups in total. The zero-order valence-corrected chi connectivity index (χ0v) is 14.3. The van der Waals surface area contributed by atoms with Gasteiger partial charge >= 0.3 is 6.18 Å². The lowest BCUT2D eigenvalue weighted by molar-refractivity contribution is -0.137. The summed E-state index contributed by atoms with van der Waals surface area (Å²) in [6.45, 7) is 3.25. The van der Waals surface area contributed by atoms with Gasteiger partial charge in [0.25, 0.3) is 0 Å². The van der Waals surface area contributed by atoms with Crippen LogP contribution in [0.2, 0.25) is 0 Å². The van der Waals surface area contributed by atoms with E-state index in [2.05, 4.69) is 15.6 Å². The van der Waals surface area contributed by atoms with Crippen molar-refractivity contribution >= 4 is 17.7 Å². The molecular formula is C16H22F3N3OS. The highest BCUT2D eigenvalue weighted by Gasteiger charge is 2.32. The SMILES string of the molecule is CCNC(=NCc1ccc(C(F)(F)F)cc1)NCC1(O)CCSC1. The maximum Gasteiger partial charge on any atom is 0.416 e. The van der Waals surface area contributed by atoms with Crippen molar-refractivity contribution in [2.24, 2.45) is 4.99 Å². The summed E-state index contributed by atoms with van der Waals surface area (Å²) in [6.07, 6.45) is -3.59. The molecule has 0 radical (unpaired) electrons. The van der Waals surface area contributed by atoms with Gasteiger partial charge in [-0.15, -0.1) is 0 Å². The lowest BCUT2D eigenvalue weighted by Gasteiger charge is -2.23. The minimum atomic E-state index is -4.33. The number of hydrogen-bond acceptors (Lipinski definition) is 3. The summed E-state index contributed by atoms with van der Waals surface area (Å²) in [5.74, 6) is 2.18. The third kappa shape index (κ3) is 5.59. The van der Waals surface area contributed by atoms with Crippen LogP contribution in [-0.4, -0.2) is 41.3 Å². The topological polar surface area (TPSA) is 56.7 Å². The Labute approximate surface area is 143 Å². The Morgan fingerprint density at radius 3 is 2.54 bits per heavy atom. The van der Waals surface area contributed by atoms with E-state index in [0.29, 0.717) is 30.4 Å². The van der Waals surface area contributed by atoms with E-state index < -0.39 is 17.3 Å². The molecule has 2 rings (SSSR count). The fourth-order valence-corrected chi connectivity index (χ4v) is 3.59. The maximum absolute atomic E-state index is 12.5. The number of nitrogens with zero attached hydrogens (tertiary/aromatic N) is 1. The standard InChI is InChI=1S/C16H22F3N3OS/c1-2-20-14(22-10-15(23)7-8-24-11-15)21-9-12-3-5-13(6-4-12)16(17,18)19/h3-6,23H,2,7-11H2,1H3,(H2,20,21,22). The zero-order valence-electron chi connectivity index (χ0n) is 13.5. The molecule has 24 heavy (non-hydrogen) atoms. The van der Waals surface area contributed by atoms with Gasteiger partial charge in [-0.1, -0.05) is 12.1 Å². The molecule has 0 bridgehead atoms. The predicted octanol–water partition coefficient (Wildman–Crippen LogP) is 2.63. The average Bonchev–Trinajstić information content (AvgIpc) is 2.97. The van der Waals surface area contributed by atoms with Gasteiger partial charge in [-0.25, -0.2) is 4.99 Å². The highest BCUT2D eigenvalue weighted by Crippen LogP contribution is 2.29. The van der Waals surface area contributed by atoms with Gasteiger partial charge in [0.05, 0.1) is 17.7 Å². The van der Waals surface area contributed by atoms with E-state index in [1.54, 1.807) is 11.8 Å². The van der Waals surface area contributed by atoms with Crippen molar-refractivity contribution in [3.63, 3.8) is 0 Å². The summed E-state index contributed by atoms with van der Waals surface area (Å²) in [5.41, 5.74) is -0.702. The van der Waals surface area contributed by atoms with Crippen LogP contribution in [0.5, 0.6) is 0 Å². The van der Waals surface area contributed by atoms with Crippen LogP contribution < -0.4 is 10.6 Å². The largest absolute Gasteiger partial charge is 0.416 e. The van der Waals surface area contributed by atoms with E-state index in [1.807, 2.05) is 6.92 Å². The fourth-order valence-electron chi connectivity index (χ4n) is 2.30. The number of hydrogen-bond donors (Lipinski definition) is 3. The molecule has 1 fully saturated rings. The van der Waals surface area contributed by atoms with Crippen LogP contribution in [0.3, 0.4) is 0 Å². The minimum Gasteiger partial charge on any atom is -0.387 e. The van der Waals surface area contributed by atoms with Crippen molar-refractivity contribution < 1.29 is 18.3 Å². The molecule has 1 aliphatic heterocycles. The van der Waals surface area contributed by atoms with Crippen molar-refractivity contribution in [2.45, 2.75) is 31.7 Å². The summed E-state index contributed by atoms with van der Waals surface area (Å²) < 4.78 is 37.6. The summed E-state index contributed by atoms with van der Waals surface area (Å²) in [4.78, 5) is 4.36. The van der Waals surface area contributed by atoms with E-state index in [1.165, 1.54) is 12.1 Å². The van der Waals surface area contributed by atoms with Crippen molar-refractivity contribution in [1.29, 1.82) is 0 Å². The lowest BCUT2D eigenvalue weighted by atomic mass is 10.0. The molecule has 0 aliphatic carbocycles. The number of aliphatic imine (C=N–C) groups is 1. The predicted molar refractivity (Wildman–Crippen MR) is 91.2 cm³/mol. The Morgan fingerprint density at radius 2 is 2.00 bits per heavy atom. The van der Waals surface area contributed by atoms with Crippen molar-refractivity contribution in [2.75, 3.05) is 24.6 Å². The van der Waals surface area contributed by atoms with Crippen LogP contribution in [0.15, 0.2) is 29.3 Å². The van der Waals surface area contributed by atoms with E-state index in [0.717, 1.165) is 24.3 Å². The second kappa shape index (κ2) is 8.11. The van der Waals surface area contributed by atoms with Gasteiger partial charge in [0.2, 0.25) is 0 Å². The van der Waals surface area contributed by atoms with Gasteiger partial charge in [-0.3, -0.25) is 0 Å². The number of halogens is 3. The average molecular weight is 361 g/mol. The summed E-state index contributed by atoms with van der Waals surface area (Å²) in [7, 11) is 0. The molecule has 0 spiro atoms. The van der Waals surface area contributed by atoms with E-state index in [4.69, 9.17) is 0 Å². The molecule has 8 heteroatoms. The second-order valence-electron chi connectivity index (χ2n) is 5.77. The fraction of sp³-hybridized carbons (Fsp3) is 0.562. The number of thioether (sulfide) groups is 1. The summed E-state index contributed by atoms with van der Waals surface area (Å²) >= 11 is 1.72. The maximum atomic E-state index is 12.5. The normalized spacial score (nSPS) is 21.8. The molecule has 1 aromatic rings. The van der Waals surface area contributed by atoms with Crippen LogP contribution in [0.25, 0.3) is 0 Å². The number of benzene rings is 1. The van der Waals surface area contributed by atoms with E-state index >= 15 is 0 Å². The van der Waals surface area contributed by atoms with Crippen molar-refractivity contribution in [3.8, 4) is 0 Å². The first-order valence-electron chi connectivity index (χ1n) is 7.81. The Hall–Kier alpha value is -1.41. The number of alkyl halides is 3. The number of guanidine groups is 1. The van der Waals surface area contributed by atoms with E-state index in [-0.39, 0.29) is 6.54 Å². The third-order valence-electron chi connectivity index (χ3n) is 3.71. The van der Waals surface area contributed by atoms with E-state index in [9.17, 15) is 18.3 Å². The molecule has 0 saturated carbocycles. The van der Waals surface area contributed by atoms with Crippen LogP contribution in [0.1, 0.15) is 24.5 Å². The van der Waals surface area contributed by atoms with Crippen LogP contribution in [0, 0.1) is 0 Å². The van der Waals surface area contributed by atoms with Gasteiger partial charge in [0, 0.05) is 18.8 Å². The number of rotatable bonds is 5. The molecule has 1 saturated heterocycles. The van der Waals surface area contributed by atoms with Crippen molar-refractivity contribution in [1.82, 2.24) is 10.6 Å². The molecule has 134 valence electrons. The Morgan fingerprint density at radius 1 is 1.29 bits per heavy atom. The first-order chi connectivity index (χ1) is 11.3. The van der Waals surface area contributed by atoms with Crippen LogP contribution in [0.4, 0.5) is 13.2 Å². The smallest absolute Gasteiger partial charge is 0.387 e. The Bertz CT molecular complexity index is 555. The lowest BCUT2D eigenvalue weighted by Crippen LogP contribution is -2.47. The highest BCUT2D eigenvalue weighted by molar-refractivity contribution is 7.99. The third-order valence-corrected chi connectivity index (χ3v) is 4.95. The number of nitrogens with one attached hydrogen (secondary N) is 2. The number of aliphatic hydroxyl groups is 1. The van der Waals surface area contributed by atoms with Gasteiger partial charge in [0.1, 0.15) is 0 Å². The molecule has 0 aromatic heterocycles. The molecule has 0 amide bonds. The molecule has 1 aliphatic rings. The summed E-state index contributed by atoms with van der Waals surface area (Å²) in [6, 6.07) is 4.97. The zero-order chi connectivity index (χ0) is 17.6. The summed E-state index contributed by atoms with van der Waals surface area (Å²) in [5, 5.41) is 16.5. The molecular weight excluding hydrogens is 339 g/mol. The van der Waals surface area contributed by atoms with Crippen molar-refractivity contribution in [3.05, 3.63) is 35.4 Å². The Balaban J connectivity index is 1.94. The monoisotopic (exact) mass is 361 g/mol. The minimum absolute atomic E-state index is 0.265.